The van der Waals surface area contributed by atoms with Gasteiger partial charge in [0.2, 0.25) is 10.0 Å². The summed E-state index contributed by atoms with van der Waals surface area (Å²) in [6.07, 6.45) is 0. The number of nitrogens with one attached hydrogen (secondary N) is 1. The lowest BCUT2D eigenvalue weighted by Gasteiger charge is -2.37. The first kappa shape index (κ1) is 17.0. The second-order valence-electron chi connectivity index (χ2n) is 6.00. The Hall–Kier alpha value is -1.83. The number of sulfonamides is 1. The zero-order valence-corrected chi connectivity index (χ0v) is 14.1. The maximum absolute atomic E-state index is 14.1. The minimum Gasteiger partial charge on any atom is -0.335 e. The normalized spacial score (nSPS) is 22.5. The highest BCUT2D eigenvalue weighted by atomic mass is 32.2. The van der Waals surface area contributed by atoms with Crippen molar-refractivity contribution in [3.63, 3.8) is 0 Å². The molecule has 0 aromatic heterocycles. The molecule has 1 aliphatic heterocycles. The lowest BCUT2D eigenvalue weighted by atomic mass is 10.1. The highest BCUT2D eigenvalue weighted by Crippen LogP contribution is 2.30. The molecule has 4 nitrogen and oxygen atoms in total. The van der Waals surface area contributed by atoms with E-state index in [-0.39, 0.29) is 6.54 Å². The second-order valence-corrected chi connectivity index (χ2v) is 7.83. The summed E-state index contributed by atoms with van der Waals surface area (Å²) in [6, 6.07) is 11.8. The molecule has 0 bridgehead atoms. The fraction of sp³-hybridized carbons (Fsp3) is 0.294. The van der Waals surface area contributed by atoms with Crippen molar-refractivity contribution in [1.82, 2.24) is 4.31 Å². The first-order chi connectivity index (χ1) is 11.4. The number of benzene rings is 2. The molecule has 2 aromatic carbocycles. The highest BCUT2D eigenvalue weighted by molar-refractivity contribution is 7.89. The van der Waals surface area contributed by atoms with Gasteiger partial charge in [0.25, 0.3) is 0 Å². The van der Waals surface area contributed by atoms with Crippen LogP contribution in [0.25, 0.3) is 0 Å². The van der Waals surface area contributed by atoms with Crippen LogP contribution >= 0.6 is 0 Å². The molecule has 1 heterocycles. The Balaban J connectivity index is 2.08. The van der Waals surface area contributed by atoms with Crippen molar-refractivity contribution in [2.75, 3.05) is 26.7 Å². The van der Waals surface area contributed by atoms with Crippen LogP contribution in [0.4, 0.5) is 8.78 Å². The van der Waals surface area contributed by atoms with Crippen molar-refractivity contribution in [2.45, 2.75) is 10.9 Å². The molecule has 128 valence electrons. The van der Waals surface area contributed by atoms with E-state index in [2.05, 4.69) is 0 Å². The van der Waals surface area contributed by atoms with E-state index < -0.39 is 32.6 Å². The number of nitrogens with zero attached hydrogens (tertiary/aromatic N) is 1. The third kappa shape index (κ3) is 3.07. The minimum absolute atomic E-state index is 0.210. The minimum atomic E-state index is -4.27. The van der Waals surface area contributed by atoms with Crippen molar-refractivity contribution in [3.05, 3.63) is 65.7 Å². The van der Waals surface area contributed by atoms with Crippen molar-refractivity contribution < 1.29 is 22.1 Å². The molecule has 2 atom stereocenters. The van der Waals surface area contributed by atoms with Crippen LogP contribution in [0.1, 0.15) is 11.6 Å². The van der Waals surface area contributed by atoms with Crippen molar-refractivity contribution in [2.24, 2.45) is 0 Å². The molecule has 1 N–H and O–H groups in total. The third-order valence-corrected chi connectivity index (χ3v) is 6.28. The summed E-state index contributed by atoms with van der Waals surface area (Å²) in [6.45, 7) is 1.33. The second kappa shape index (κ2) is 6.58. The predicted octanol–water partition coefficient (Wildman–Crippen LogP) is 1.23. The van der Waals surface area contributed by atoms with E-state index in [4.69, 9.17) is 0 Å². The predicted molar refractivity (Wildman–Crippen MR) is 86.1 cm³/mol. The highest BCUT2D eigenvalue weighted by Gasteiger charge is 2.40. The average Bonchev–Trinajstić information content (AvgIpc) is 2.55. The van der Waals surface area contributed by atoms with Crippen LogP contribution in [0.2, 0.25) is 0 Å². The Morgan fingerprint density at radius 3 is 2.29 bits per heavy atom. The molecule has 7 heteroatoms. The van der Waals surface area contributed by atoms with Crippen LogP contribution in [-0.2, 0) is 10.0 Å². The Morgan fingerprint density at radius 1 is 1.04 bits per heavy atom. The zero-order valence-electron chi connectivity index (χ0n) is 13.2. The molecule has 0 radical (unpaired) electrons. The number of quaternary nitrogens is 1. The van der Waals surface area contributed by atoms with Gasteiger partial charge in [0.15, 0.2) is 4.90 Å². The van der Waals surface area contributed by atoms with Gasteiger partial charge in [0, 0.05) is 0 Å². The zero-order chi connectivity index (χ0) is 17.3. The van der Waals surface area contributed by atoms with E-state index in [0.717, 1.165) is 23.8 Å². The fourth-order valence-electron chi connectivity index (χ4n) is 3.08. The molecule has 2 aromatic rings. The largest absolute Gasteiger partial charge is 0.335 e. The molecule has 0 saturated carbocycles. The number of halogens is 2. The first-order valence-corrected chi connectivity index (χ1v) is 9.17. The van der Waals surface area contributed by atoms with E-state index in [1.54, 1.807) is 0 Å². The van der Waals surface area contributed by atoms with Crippen LogP contribution in [0.3, 0.4) is 0 Å². The molecule has 1 aliphatic rings. The maximum atomic E-state index is 14.1. The lowest BCUT2D eigenvalue weighted by Crippen LogP contribution is -3.12. The number of hydrogen-bond acceptors (Lipinski definition) is 2. The van der Waals surface area contributed by atoms with E-state index in [9.17, 15) is 17.2 Å². The molecule has 3 rings (SSSR count). The lowest BCUT2D eigenvalue weighted by molar-refractivity contribution is -0.887. The van der Waals surface area contributed by atoms with Crippen molar-refractivity contribution in [3.8, 4) is 0 Å². The van der Waals surface area contributed by atoms with E-state index in [0.29, 0.717) is 13.1 Å². The van der Waals surface area contributed by atoms with Crippen LogP contribution in [0.5, 0.6) is 0 Å². The summed E-state index contributed by atoms with van der Waals surface area (Å²) < 4.78 is 55.2. The van der Waals surface area contributed by atoms with Gasteiger partial charge in [-0.2, -0.15) is 4.31 Å². The van der Waals surface area contributed by atoms with Crippen LogP contribution in [0, 0.1) is 11.6 Å². The van der Waals surface area contributed by atoms with Crippen LogP contribution < -0.4 is 4.90 Å². The smallest absolute Gasteiger partial charge is 0.249 e. The Labute approximate surface area is 140 Å². The summed E-state index contributed by atoms with van der Waals surface area (Å²) in [7, 11) is -2.30. The molecular formula is C17H19F2N2O2S+. The summed E-state index contributed by atoms with van der Waals surface area (Å²) in [5.74, 6) is -2.12. The molecule has 1 saturated heterocycles. The van der Waals surface area contributed by atoms with Gasteiger partial charge in [-0.25, -0.2) is 17.2 Å². The molecular weight excluding hydrogens is 334 g/mol. The number of piperazine rings is 1. The molecule has 24 heavy (non-hydrogen) atoms. The summed E-state index contributed by atoms with van der Waals surface area (Å²) in [5, 5.41) is 0. The van der Waals surface area contributed by atoms with E-state index in [1.165, 1.54) is 9.21 Å². The van der Waals surface area contributed by atoms with Crippen LogP contribution in [0.15, 0.2) is 53.4 Å². The van der Waals surface area contributed by atoms with E-state index >= 15 is 0 Å². The van der Waals surface area contributed by atoms with Gasteiger partial charge >= 0.3 is 0 Å². The molecule has 0 amide bonds. The third-order valence-electron chi connectivity index (χ3n) is 4.32. The number of likely N-dealkylation sites (N-methyl/N-ethyl adjacent to an activating group) is 1. The van der Waals surface area contributed by atoms with Crippen molar-refractivity contribution >= 4 is 10.0 Å². The number of hydrogen-bond donors (Lipinski definition) is 1. The molecule has 1 unspecified atom stereocenters. The molecule has 0 aliphatic carbocycles. The first-order valence-electron chi connectivity index (χ1n) is 7.73. The summed E-state index contributed by atoms with van der Waals surface area (Å²) in [4.78, 5) is 0.301. The van der Waals surface area contributed by atoms with Crippen LogP contribution in [-0.4, -0.2) is 39.4 Å². The Bertz CT molecular complexity index is 807. The van der Waals surface area contributed by atoms with Gasteiger partial charge < -0.3 is 4.90 Å². The number of rotatable bonds is 3. The van der Waals surface area contributed by atoms with Crippen molar-refractivity contribution in [1.29, 1.82) is 0 Å². The Kier molecular flexibility index (Phi) is 4.67. The van der Waals surface area contributed by atoms with Gasteiger partial charge in [-0.05, 0) is 17.7 Å². The molecule has 1 fully saturated rings. The standard InChI is InChI=1S/C17H18F2N2O2S/c1-20-10-11-21(16(12-20)13-6-3-2-4-7-13)24(22,23)17-14(18)8-5-9-15(17)19/h2-9,16H,10-12H2,1H3/p+1/t16-/m0/s1. The SMILES string of the molecule is C[NH+]1CCN(S(=O)(=O)c2c(F)cccc2F)[C@H](c2ccccc2)C1. The van der Waals surface area contributed by atoms with Gasteiger partial charge in [-0.1, -0.05) is 36.4 Å². The van der Waals surface area contributed by atoms with Gasteiger partial charge in [-0.15, -0.1) is 0 Å². The van der Waals surface area contributed by atoms with Gasteiger partial charge in [0.05, 0.1) is 32.7 Å². The topological polar surface area (TPSA) is 41.8 Å². The quantitative estimate of drug-likeness (QED) is 0.902. The van der Waals surface area contributed by atoms with Gasteiger partial charge in [-0.3, -0.25) is 0 Å². The fourth-order valence-corrected chi connectivity index (χ4v) is 4.81. The maximum Gasteiger partial charge on any atom is 0.249 e. The average molecular weight is 353 g/mol. The molecule has 0 spiro atoms. The summed E-state index contributed by atoms with van der Waals surface area (Å²) in [5.41, 5.74) is 0.817. The Morgan fingerprint density at radius 2 is 1.67 bits per heavy atom. The van der Waals surface area contributed by atoms with Gasteiger partial charge in [0.1, 0.15) is 11.6 Å². The summed E-state index contributed by atoms with van der Waals surface area (Å²) >= 11 is 0. The van der Waals surface area contributed by atoms with E-state index in [1.807, 2.05) is 37.4 Å². The monoisotopic (exact) mass is 353 g/mol.